The lowest BCUT2D eigenvalue weighted by atomic mass is 9.88. The molecular formula is C21H45NO. The van der Waals surface area contributed by atoms with Crippen LogP contribution < -0.4 is 6.15 Å². The largest absolute Gasteiger partial charge is 0.344 e. The third-order valence-corrected chi connectivity index (χ3v) is 4.59. The molecule has 0 amide bonds. The van der Waals surface area contributed by atoms with Gasteiger partial charge < -0.3 is 6.15 Å². The second kappa shape index (κ2) is 16.5. The van der Waals surface area contributed by atoms with Gasteiger partial charge in [-0.15, -0.1) is 0 Å². The second-order valence-corrected chi connectivity index (χ2v) is 8.02. The molecule has 0 unspecified atom stereocenters. The molecule has 0 bridgehead atoms. The zero-order chi connectivity index (χ0) is 16.7. The fourth-order valence-electron chi connectivity index (χ4n) is 2.86. The molecule has 0 atom stereocenters. The Hall–Kier alpha value is -0.370. The molecule has 2 heteroatoms. The van der Waals surface area contributed by atoms with E-state index in [0.29, 0.717) is 5.78 Å². The molecule has 0 spiro atoms. The molecule has 0 heterocycles. The summed E-state index contributed by atoms with van der Waals surface area (Å²) in [7, 11) is 0. The Balaban J connectivity index is 0. The summed E-state index contributed by atoms with van der Waals surface area (Å²) >= 11 is 0. The van der Waals surface area contributed by atoms with E-state index in [1.165, 1.54) is 83.5 Å². The van der Waals surface area contributed by atoms with E-state index in [1.54, 1.807) is 0 Å². The molecule has 23 heavy (non-hydrogen) atoms. The summed E-state index contributed by atoms with van der Waals surface area (Å²) in [5.74, 6) is 0.423. The summed E-state index contributed by atoms with van der Waals surface area (Å²) in [5.41, 5.74) is -0.142. The van der Waals surface area contributed by atoms with E-state index < -0.39 is 0 Å². The van der Waals surface area contributed by atoms with Gasteiger partial charge in [0.25, 0.3) is 0 Å². The maximum Gasteiger partial charge on any atom is 0.138 e. The zero-order valence-corrected chi connectivity index (χ0v) is 16.7. The van der Waals surface area contributed by atoms with Crippen LogP contribution in [0.1, 0.15) is 124 Å². The highest BCUT2D eigenvalue weighted by Gasteiger charge is 2.19. The number of Topliss-reactive ketones (excluding diaryl/α,β-unsaturated/α-hetero) is 1. The maximum absolute atomic E-state index is 11.8. The summed E-state index contributed by atoms with van der Waals surface area (Å²) in [6.07, 6.45) is 20.0. The second-order valence-electron chi connectivity index (χ2n) is 8.02. The fraction of sp³-hybridized carbons (Fsp3) is 0.952. The molecule has 3 N–H and O–H groups in total. The van der Waals surface area contributed by atoms with Crippen molar-refractivity contribution in [3.8, 4) is 0 Å². The Morgan fingerprint density at radius 1 is 0.609 bits per heavy atom. The van der Waals surface area contributed by atoms with E-state index in [2.05, 4.69) is 6.92 Å². The van der Waals surface area contributed by atoms with E-state index in [-0.39, 0.29) is 11.6 Å². The predicted octanol–water partition coefficient (Wildman–Crippen LogP) is 7.64. The lowest BCUT2D eigenvalue weighted by Gasteiger charge is -2.16. The van der Waals surface area contributed by atoms with Crippen LogP contribution in [-0.2, 0) is 4.79 Å². The van der Waals surface area contributed by atoms with E-state index in [1.807, 2.05) is 20.8 Å². The van der Waals surface area contributed by atoms with Crippen LogP contribution >= 0.6 is 0 Å². The Morgan fingerprint density at radius 3 is 1.22 bits per heavy atom. The molecule has 2 nitrogen and oxygen atoms in total. The Kier molecular flexibility index (Phi) is 17.8. The first-order valence-corrected chi connectivity index (χ1v) is 10.0. The summed E-state index contributed by atoms with van der Waals surface area (Å²) in [4.78, 5) is 11.8. The van der Waals surface area contributed by atoms with E-state index >= 15 is 0 Å². The van der Waals surface area contributed by atoms with E-state index in [4.69, 9.17) is 0 Å². The number of carbonyl (C=O) groups is 1. The standard InChI is InChI=1S/C21H42O.H3N/c1-5-6-7-8-9-10-11-12-13-14-15-16-17-18-19-20(22)21(2,3)4;/h5-19H2,1-4H3;1H3. The summed E-state index contributed by atoms with van der Waals surface area (Å²) in [5, 5.41) is 0. The van der Waals surface area contributed by atoms with Crippen LogP contribution in [0.3, 0.4) is 0 Å². The van der Waals surface area contributed by atoms with Crippen molar-refractivity contribution in [2.24, 2.45) is 5.41 Å². The van der Waals surface area contributed by atoms with Crippen LogP contribution in [0.4, 0.5) is 0 Å². The minimum absolute atomic E-state index is 0. The van der Waals surface area contributed by atoms with Gasteiger partial charge in [-0.2, -0.15) is 0 Å². The number of carbonyl (C=O) groups excluding carboxylic acids is 1. The van der Waals surface area contributed by atoms with Crippen molar-refractivity contribution in [2.45, 2.75) is 124 Å². The van der Waals surface area contributed by atoms with E-state index in [9.17, 15) is 4.79 Å². The van der Waals surface area contributed by atoms with Crippen LogP contribution in [0.2, 0.25) is 0 Å². The molecule has 0 rings (SSSR count). The minimum atomic E-state index is -0.142. The van der Waals surface area contributed by atoms with Gasteiger partial charge in [0.05, 0.1) is 0 Å². The molecule has 0 aliphatic rings. The van der Waals surface area contributed by atoms with Gasteiger partial charge >= 0.3 is 0 Å². The van der Waals surface area contributed by atoms with Crippen molar-refractivity contribution in [3.05, 3.63) is 0 Å². The van der Waals surface area contributed by atoms with Gasteiger partial charge in [-0.25, -0.2) is 0 Å². The summed E-state index contributed by atoms with van der Waals surface area (Å²) in [6.45, 7) is 8.36. The molecule has 0 saturated carbocycles. The number of unbranched alkanes of at least 4 members (excludes halogenated alkanes) is 13. The van der Waals surface area contributed by atoms with E-state index in [0.717, 1.165) is 12.8 Å². The number of ketones is 1. The monoisotopic (exact) mass is 327 g/mol. The highest BCUT2D eigenvalue weighted by atomic mass is 16.1. The molecule has 0 aromatic heterocycles. The van der Waals surface area contributed by atoms with Crippen LogP contribution in [0.5, 0.6) is 0 Å². The highest BCUT2D eigenvalue weighted by molar-refractivity contribution is 5.83. The molecule has 0 aliphatic carbocycles. The van der Waals surface area contributed by atoms with Crippen molar-refractivity contribution >= 4 is 5.78 Å². The smallest absolute Gasteiger partial charge is 0.138 e. The molecule has 0 fully saturated rings. The summed E-state index contributed by atoms with van der Waals surface area (Å²) in [6, 6.07) is 0. The van der Waals surface area contributed by atoms with Crippen molar-refractivity contribution in [1.82, 2.24) is 6.15 Å². The van der Waals surface area contributed by atoms with Crippen LogP contribution in [0, 0.1) is 5.41 Å². The van der Waals surface area contributed by atoms with Crippen molar-refractivity contribution in [1.29, 1.82) is 0 Å². The van der Waals surface area contributed by atoms with Crippen molar-refractivity contribution < 1.29 is 4.79 Å². The van der Waals surface area contributed by atoms with Crippen molar-refractivity contribution in [3.63, 3.8) is 0 Å². The molecule has 140 valence electrons. The van der Waals surface area contributed by atoms with Gasteiger partial charge in [-0.3, -0.25) is 4.79 Å². The third-order valence-electron chi connectivity index (χ3n) is 4.59. The maximum atomic E-state index is 11.8. The molecule has 0 radical (unpaired) electrons. The van der Waals surface area contributed by atoms with Gasteiger partial charge in [0, 0.05) is 11.8 Å². The Bertz CT molecular complexity index is 255. The molecule has 0 aliphatic heterocycles. The van der Waals surface area contributed by atoms with Crippen molar-refractivity contribution in [2.75, 3.05) is 0 Å². The Morgan fingerprint density at radius 2 is 0.913 bits per heavy atom. The topological polar surface area (TPSA) is 52.1 Å². The van der Waals surface area contributed by atoms with Crippen LogP contribution in [-0.4, -0.2) is 5.78 Å². The van der Waals surface area contributed by atoms with Crippen LogP contribution in [0.25, 0.3) is 0 Å². The van der Waals surface area contributed by atoms with Gasteiger partial charge in [-0.1, -0.05) is 111 Å². The zero-order valence-electron chi connectivity index (χ0n) is 16.7. The first-order chi connectivity index (χ1) is 10.5. The lowest BCUT2D eigenvalue weighted by Crippen LogP contribution is -2.19. The van der Waals surface area contributed by atoms with Gasteiger partial charge in [0.15, 0.2) is 0 Å². The SMILES string of the molecule is CCCCCCCCCCCCCCCCC(=O)C(C)(C)C.N. The molecular weight excluding hydrogens is 282 g/mol. The molecule has 0 aromatic rings. The minimum Gasteiger partial charge on any atom is -0.344 e. The highest BCUT2D eigenvalue weighted by Crippen LogP contribution is 2.19. The third kappa shape index (κ3) is 17.8. The Labute approximate surface area is 146 Å². The van der Waals surface area contributed by atoms with Gasteiger partial charge in [0.1, 0.15) is 5.78 Å². The molecule has 0 aromatic carbocycles. The lowest BCUT2D eigenvalue weighted by molar-refractivity contribution is -0.126. The number of hydrogen-bond acceptors (Lipinski definition) is 2. The normalized spacial score (nSPS) is 11.3. The van der Waals surface area contributed by atoms with Crippen LogP contribution in [0.15, 0.2) is 0 Å². The number of rotatable bonds is 15. The first kappa shape index (κ1) is 24.9. The quantitative estimate of drug-likeness (QED) is 0.314. The average molecular weight is 328 g/mol. The average Bonchev–Trinajstić information content (AvgIpc) is 2.46. The van der Waals surface area contributed by atoms with Gasteiger partial charge in [-0.05, 0) is 6.42 Å². The summed E-state index contributed by atoms with van der Waals surface area (Å²) < 4.78 is 0. The fourth-order valence-corrected chi connectivity index (χ4v) is 2.86. The van der Waals surface area contributed by atoms with Gasteiger partial charge in [0.2, 0.25) is 0 Å². The predicted molar refractivity (Wildman–Crippen MR) is 104 cm³/mol. The first-order valence-electron chi connectivity index (χ1n) is 10.0. The molecule has 0 saturated heterocycles. The number of hydrogen-bond donors (Lipinski definition) is 1.